The van der Waals surface area contributed by atoms with Crippen LogP contribution in [0.3, 0.4) is 0 Å². The zero-order valence-corrected chi connectivity index (χ0v) is 16.7. The van der Waals surface area contributed by atoms with E-state index in [1.54, 1.807) is 0 Å². The molecule has 0 spiro atoms. The van der Waals surface area contributed by atoms with Crippen molar-refractivity contribution in [2.24, 2.45) is 0 Å². The number of hydrogen-bond acceptors (Lipinski definition) is 4. The second-order valence-corrected chi connectivity index (χ2v) is 8.92. The smallest absolute Gasteiger partial charge is 0.465 e. The fourth-order valence-corrected chi connectivity index (χ4v) is 3.03. The SMILES string of the molecule is O=C(OCC(Cl)(Cl)Cl)OC1CN(C(=O)O)CCC1c1ccc(Br)cc1. The molecular weight excluding hydrogens is 460 g/mol. The van der Waals surface area contributed by atoms with Crippen LogP contribution in [0.4, 0.5) is 9.59 Å². The molecule has 2 rings (SSSR count). The van der Waals surface area contributed by atoms with Gasteiger partial charge in [-0.15, -0.1) is 0 Å². The van der Waals surface area contributed by atoms with E-state index < -0.39 is 28.8 Å². The van der Waals surface area contributed by atoms with Gasteiger partial charge >= 0.3 is 12.2 Å². The van der Waals surface area contributed by atoms with Crippen molar-refractivity contribution in [1.29, 1.82) is 0 Å². The maximum atomic E-state index is 11.9. The molecule has 6 nitrogen and oxygen atoms in total. The second-order valence-electron chi connectivity index (χ2n) is 5.49. The molecule has 1 aromatic rings. The minimum absolute atomic E-state index is 0.0406. The number of likely N-dealkylation sites (tertiary alicyclic amines) is 1. The molecule has 0 aliphatic carbocycles. The highest BCUT2D eigenvalue weighted by atomic mass is 79.9. The number of amides is 1. The van der Waals surface area contributed by atoms with Gasteiger partial charge in [-0.25, -0.2) is 9.59 Å². The average molecular weight is 476 g/mol. The predicted octanol–water partition coefficient (Wildman–Crippen LogP) is 4.81. The topological polar surface area (TPSA) is 76.1 Å². The van der Waals surface area contributed by atoms with Gasteiger partial charge in [0, 0.05) is 16.9 Å². The molecule has 1 fully saturated rings. The van der Waals surface area contributed by atoms with Crippen molar-refractivity contribution in [2.45, 2.75) is 22.2 Å². The third kappa shape index (κ3) is 6.40. The molecular formula is C15H15BrCl3NO5. The quantitative estimate of drug-likeness (QED) is 0.502. The van der Waals surface area contributed by atoms with Crippen molar-refractivity contribution >= 4 is 63.0 Å². The molecule has 1 aliphatic heterocycles. The molecule has 0 bridgehead atoms. The summed E-state index contributed by atoms with van der Waals surface area (Å²) >= 11 is 20.0. The van der Waals surface area contributed by atoms with Crippen LogP contribution in [-0.2, 0) is 9.47 Å². The molecule has 1 aromatic carbocycles. The Kier molecular flexibility index (Phi) is 7.08. The lowest BCUT2D eigenvalue weighted by Gasteiger charge is -2.36. The van der Waals surface area contributed by atoms with Gasteiger partial charge in [0.05, 0.1) is 6.54 Å². The van der Waals surface area contributed by atoms with E-state index in [4.69, 9.17) is 44.3 Å². The Balaban J connectivity index is 2.10. The maximum absolute atomic E-state index is 11.9. The zero-order valence-electron chi connectivity index (χ0n) is 12.8. The van der Waals surface area contributed by atoms with Crippen LogP contribution in [0.1, 0.15) is 17.9 Å². The minimum atomic E-state index is -1.75. The highest BCUT2D eigenvalue weighted by molar-refractivity contribution is 9.10. The van der Waals surface area contributed by atoms with Gasteiger partial charge in [0.25, 0.3) is 0 Å². The van der Waals surface area contributed by atoms with Crippen LogP contribution < -0.4 is 0 Å². The summed E-state index contributed by atoms with van der Waals surface area (Å²) in [6.07, 6.45) is -2.27. The summed E-state index contributed by atoms with van der Waals surface area (Å²) in [5.74, 6) is -0.163. The predicted molar refractivity (Wildman–Crippen MR) is 97.6 cm³/mol. The van der Waals surface area contributed by atoms with Crippen LogP contribution in [0.25, 0.3) is 0 Å². The molecule has 2 unspecified atom stereocenters. The molecule has 1 aliphatic rings. The standard InChI is InChI=1S/C15H15BrCl3NO5/c16-10-3-1-9(2-4-10)11-5-6-20(13(21)22)7-12(11)25-14(23)24-8-15(17,18)19/h1-4,11-12H,5-8H2,(H,21,22). The van der Waals surface area contributed by atoms with Crippen LogP contribution >= 0.6 is 50.7 Å². The van der Waals surface area contributed by atoms with Crippen molar-refractivity contribution in [3.05, 3.63) is 34.3 Å². The molecule has 0 aromatic heterocycles. The highest BCUT2D eigenvalue weighted by Gasteiger charge is 2.36. The third-order valence-electron chi connectivity index (χ3n) is 3.73. The number of piperidine rings is 1. The first-order valence-corrected chi connectivity index (χ1v) is 9.22. The van der Waals surface area contributed by atoms with E-state index in [0.717, 1.165) is 10.0 Å². The summed E-state index contributed by atoms with van der Waals surface area (Å²) in [6, 6.07) is 7.54. The second kappa shape index (κ2) is 8.66. The van der Waals surface area contributed by atoms with Gasteiger partial charge in [-0.05, 0) is 24.1 Å². The van der Waals surface area contributed by atoms with E-state index >= 15 is 0 Å². The first-order chi connectivity index (χ1) is 11.7. The van der Waals surface area contributed by atoms with Crippen molar-refractivity contribution in [2.75, 3.05) is 19.7 Å². The third-order valence-corrected chi connectivity index (χ3v) is 4.59. The van der Waals surface area contributed by atoms with E-state index in [9.17, 15) is 14.7 Å². The van der Waals surface area contributed by atoms with Gasteiger partial charge in [0.1, 0.15) is 12.7 Å². The number of rotatable bonds is 3. The Morgan fingerprint density at radius 3 is 2.48 bits per heavy atom. The zero-order chi connectivity index (χ0) is 18.6. The first kappa shape index (κ1) is 20.4. The van der Waals surface area contributed by atoms with Crippen molar-refractivity contribution < 1.29 is 24.2 Å². The maximum Gasteiger partial charge on any atom is 0.508 e. The van der Waals surface area contributed by atoms with E-state index in [0.29, 0.717) is 13.0 Å². The minimum Gasteiger partial charge on any atom is -0.465 e. The van der Waals surface area contributed by atoms with E-state index in [1.165, 1.54) is 4.90 Å². The largest absolute Gasteiger partial charge is 0.508 e. The van der Waals surface area contributed by atoms with Gasteiger partial charge in [-0.3, -0.25) is 0 Å². The van der Waals surface area contributed by atoms with E-state index in [-0.39, 0.29) is 12.5 Å². The lowest BCUT2D eigenvalue weighted by molar-refractivity contribution is -0.0118. The number of ether oxygens (including phenoxy) is 2. The molecule has 25 heavy (non-hydrogen) atoms. The van der Waals surface area contributed by atoms with Crippen molar-refractivity contribution in [3.63, 3.8) is 0 Å². The van der Waals surface area contributed by atoms with Gasteiger partial charge < -0.3 is 19.5 Å². The van der Waals surface area contributed by atoms with E-state index in [1.807, 2.05) is 24.3 Å². The van der Waals surface area contributed by atoms with Crippen molar-refractivity contribution in [3.8, 4) is 0 Å². The number of benzene rings is 1. The van der Waals surface area contributed by atoms with Crippen LogP contribution in [0, 0.1) is 0 Å². The van der Waals surface area contributed by atoms with Gasteiger partial charge in [-0.1, -0.05) is 62.9 Å². The molecule has 138 valence electrons. The summed E-state index contributed by atoms with van der Waals surface area (Å²) in [5.41, 5.74) is 0.937. The lowest BCUT2D eigenvalue weighted by atomic mass is 9.87. The summed E-state index contributed by atoms with van der Waals surface area (Å²) in [6.45, 7) is -0.0765. The molecule has 2 atom stereocenters. The number of hydrogen-bond donors (Lipinski definition) is 1. The van der Waals surface area contributed by atoms with Crippen LogP contribution in [0.15, 0.2) is 28.7 Å². The Morgan fingerprint density at radius 2 is 1.92 bits per heavy atom. The van der Waals surface area contributed by atoms with Gasteiger partial charge in [0.15, 0.2) is 0 Å². The molecule has 1 amide bonds. The molecule has 1 heterocycles. The Labute approximate surface area is 168 Å². The molecule has 1 saturated heterocycles. The molecule has 0 radical (unpaired) electrons. The average Bonchev–Trinajstić information content (AvgIpc) is 2.53. The highest BCUT2D eigenvalue weighted by Crippen LogP contribution is 2.32. The molecule has 0 saturated carbocycles. The number of halogens is 4. The van der Waals surface area contributed by atoms with Crippen LogP contribution in [-0.4, -0.2) is 51.8 Å². The lowest BCUT2D eigenvalue weighted by Crippen LogP contribution is -2.47. The normalized spacial score (nSPS) is 20.9. The fourth-order valence-electron chi connectivity index (χ4n) is 2.60. The number of carboxylic acid groups (broad SMARTS) is 1. The molecule has 10 heteroatoms. The van der Waals surface area contributed by atoms with Crippen LogP contribution in [0.5, 0.6) is 0 Å². The van der Waals surface area contributed by atoms with Crippen molar-refractivity contribution in [1.82, 2.24) is 4.90 Å². The number of carbonyl (C=O) groups excluding carboxylic acids is 1. The van der Waals surface area contributed by atoms with Gasteiger partial charge in [-0.2, -0.15) is 0 Å². The number of alkyl halides is 3. The Bertz CT molecular complexity index is 623. The Hall–Kier alpha value is -0.890. The fraction of sp³-hybridized carbons (Fsp3) is 0.467. The van der Waals surface area contributed by atoms with E-state index in [2.05, 4.69) is 15.9 Å². The number of carbonyl (C=O) groups is 2. The van der Waals surface area contributed by atoms with Crippen LogP contribution in [0.2, 0.25) is 0 Å². The first-order valence-electron chi connectivity index (χ1n) is 7.29. The summed E-state index contributed by atoms with van der Waals surface area (Å²) in [4.78, 5) is 24.3. The summed E-state index contributed by atoms with van der Waals surface area (Å²) in [5, 5.41) is 9.19. The number of nitrogens with zero attached hydrogens (tertiary/aromatic N) is 1. The summed E-state index contributed by atoms with van der Waals surface area (Å²) < 4.78 is 9.26. The Morgan fingerprint density at radius 1 is 1.28 bits per heavy atom. The molecule has 1 N–H and O–H groups in total. The monoisotopic (exact) mass is 473 g/mol. The summed E-state index contributed by atoms with van der Waals surface area (Å²) in [7, 11) is 0. The van der Waals surface area contributed by atoms with Gasteiger partial charge in [0.2, 0.25) is 3.79 Å².